The molecule has 0 bridgehead atoms. The van der Waals surface area contributed by atoms with Crippen LogP contribution < -0.4 is 5.32 Å². The maximum Gasteiger partial charge on any atom is 0.248 e. The molecule has 1 saturated heterocycles. The topological polar surface area (TPSA) is 47.6 Å². The molecule has 0 radical (unpaired) electrons. The van der Waals surface area contributed by atoms with E-state index < -0.39 is 0 Å². The van der Waals surface area contributed by atoms with Gasteiger partial charge in [-0.2, -0.15) is 0 Å². The zero-order valence-corrected chi connectivity index (χ0v) is 10.6. The summed E-state index contributed by atoms with van der Waals surface area (Å²) in [5, 5.41) is 2.81. The van der Waals surface area contributed by atoms with Gasteiger partial charge < -0.3 is 14.8 Å². The van der Waals surface area contributed by atoms with Gasteiger partial charge in [0.15, 0.2) is 6.29 Å². The third-order valence-corrected chi connectivity index (χ3v) is 2.47. The van der Waals surface area contributed by atoms with Crippen LogP contribution in [0.15, 0.2) is 35.9 Å². The van der Waals surface area contributed by atoms with Crippen LogP contribution in [0.25, 0.3) is 0 Å². The molecule has 1 heterocycles. The molecule has 1 fully saturated rings. The minimum atomic E-state index is -0.315. The molecule has 96 valence electrons. The molecule has 18 heavy (non-hydrogen) atoms. The summed E-state index contributed by atoms with van der Waals surface area (Å²) in [6.45, 7) is 4.99. The molecule has 0 aromatic heterocycles. The molecule has 4 nitrogen and oxygen atoms in total. The lowest BCUT2D eigenvalue weighted by atomic mass is 10.2. The standard InChI is InChI=1S/C14H17NO3/c1-10(2)8-13(16)15-12-5-3-4-11(9-12)14-17-6-7-18-14/h3-5,8-9,14H,6-7H2,1-2H3,(H,15,16). The van der Waals surface area contributed by atoms with Gasteiger partial charge in [-0.15, -0.1) is 0 Å². The molecule has 1 aromatic carbocycles. The minimum Gasteiger partial charge on any atom is -0.346 e. The van der Waals surface area contributed by atoms with Crippen molar-refractivity contribution in [3.05, 3.63) is 41.5 Å². The van der Waals surface area contributed by atoms with Crippen molar-refractivity contribution in [1.82, 2.24) is 0 Å². The average molecular weight is 247 g/mol. The van der Waals surface area contributed by atoms with Gasteiger partial charge in [-0.3, -0.25) is 4.79 Å². The zero-order chi connectivity index (χ0) is 13.0. The molecule has 0 unspecified atom stereocenters. The molecule has 0 aliphatic carbocycles. The van der Waals surface area contributed by atoms with E-state index in [-0.39, 0.29) is 12.2 Å². The molecular weight excluding hydrogens is 230 g/mol. The number of rotatable bonds is 3. The second-order valence-electron chi connectivity index (χ2n) is 4.41. The van der Waals surface area contributed by atoms with Crippen LogP contribution in [0.5, 0.6) is 0 Å². The number of anilines is 1. The Morgan fingerprint density at radius 1 is 1.33 bits per heavy atom. The fourth-order valence-electron chi connectivity index (χ4n) is 1.75. The number of benzene rings is 1. The zero-order valence-electron chi connectivity index (χ0n) is 10.6. The van der Waals surface area contributed by atoms with Crippen LogP contribution >= 0.6 is 0 Å². The monoisotopic (exact) mass is 247 g/mol. The Morgan fingerprint density at radius 3 is 2.72 bits per heavy atom. The second-order valence-corrected chi connectivity index (χ2v) is 4.41. The Labute approximate surface area is 107 Å². The van der Waals surface area contributed by atoms with Gasteiger partial charge >= 0.3 is 0 Å². The van der Waals surface area contributed by atoms with Gasteiger partial charge in [0.2, 0.25) is 5.91 Å². The van der Waals surface area contributed by atoms with Crippen LogP contribution in [-0.2, 0) is 14.3 Å². The van der Waals surface area contributed by atoms with Crippen molar-refractivity contribution in [3.63, 3.8) is 0 Å². The first-order valence-corrected chi connectivity index (χ1v) is 5.94. The number of allylic oxidation sites excluding steroid dienone is 1. The summed E-state index contributed by atoms with van der Waals surface area (Å²) in [4.78, 5) is 11.6. The van der Waals surface area contributed by atoms with Gasteiger partial charge in [-0.05, 0) is 26.0 Å². The fraction of sp³-hybridized carbons (Fsp3) is 0.357. The van der Waals surface area contributed by atoms with E-state index in [0.29, 0.717) is 13.2 Å². The lowest BCUT2D eigenvalue weighted by molar-refractivity contribution is -0.112. The maximum atomic E-state index is 11.6. The van der Waals surface area contributed by atoms with Crippen molar-refractivity contribution >= 4 is 11.6 Å². The molecule has 1 aliphatic heterocycles. The van der Waals surface area contributed by atoms with E-state index >= 15 is 0 Å². The van der Waals surface area contributed by atoms with Crippen LogP contribution in [0.1, 0.15) is 25.7 Å². The highest BCUT2D eigenvalue weighted by Gasteiger charge is 2.18. The van der Waals surface area contributed by atoms with E-state index in [4.69, 9.17) is 9.47 Å². The van der Waals surface area contributed by atoms with Crippen LogP contribution in [0.4, 0.5) is 5.69 Å². The van der Waals surface area contributed by atoms with Gasteiger partial charge in [0.25, 0.3) is 0 Å². The Morgan fingerprint density at radius 2 is 2.06 bits per heavy atom. The van der Waals surface area contributed by atoms with E-state index in [9.17, 15) is 4.79 Å². The highest BCUT2D eigenvalue weighted by Crippen LogP contribution is 2.25. The van der Waals surface area contributed by atoms with Gasteiger partial charge in [0, 0.05) is 17.3 Å². The number of ether oxygens (including phenoxy) is 2. The number of hydrogen-bond acceptors (Lipinski definition) is 3. The molecule has 0 saturated carbocycles. The minimum absolute atomic E-state index is 0.125. The van der Waals surface area contributed by atoms with Crippen molar-refractivity contribution in [2.75, 3.05) is 18.5 Å². The normalized spacial score (nSPS) is 15.4. The maximum absolute atomic E-state index is 11.6. The quantitative estimate of drug-likeness (QED) is 0.835. The largest absolute Gasteiger partial charge is 0.346 e. The molecular formula is C14H17NO3. The molecule has 2 rings (SSSR count). The van der Waals surface area contributed by atoms with Crippen molar-refractivity contribution in [1.29, 1.82) is 0 Å². The Bertz CT molecular complexity index is 458. The first-order valence-electron chi connectivity index (χ1n) is 5.94. The number of carbonyl (C=O) groups excluding carboxylic acids is 1. The number of amides is 1. The van der Waals surface area contributed by atoms with E-state index in [0.717, 1.165) is 16.8 Å². The summed E-state index contributed by atoms with van der Waals surface area (Å²) >= 11 is 0. The lowest BCUT2D eigenvalue weighted by Gasteiger charge is -2.11. The summed E-state index contributed by atoms with van der Waals surface area (Å²) < 4.78 is 10.8. The SMILES string of the molecule is CC(C)=CC(=O)Nc1cccc(C2OCCO2)c1. The molecule has 1 aliphatic rings. The van der Waals surface area contributed by atoms with Crippen LogP contribution in [0.3, 0.4) is 0 Å². The third-order valence-electron chi connectivity index (χ3n) is 2.47. The Hall–Kier alpha value is -1.65. The van der Waals surface area contributed by atoms with Crippen molar-refractivity contribution in [3.8, 4) is 0 Å². The predicted molar refractivity (Wildman–Crippen MR) is 69.1 cm³/mol. The first-order chi connectivity index (χ1) is 8.65. The molecule has 1 N–H and O–H groups in total. The van der Waals surface area contributed by atoms with Crippen molar-refractivity contribution < 1.29 is 14.3 Å². The highest BCUT2D eigenvalue weighted by molar-refractivity contribution is 5.99. The predicted octanol–water partition coefficient (Wildman–Crippen LogP) is 2.64. The summed E-state index contributed by atoms with van der Waals surface area (Å²) in [6, 6.07) is 7.51. The Kier molecular flexibility index (Phi) is 4.12. The summed E-state index contributed by atoms with van der Waals surface area (Å²) in [5.74, 6) is -0.125. The van der Waals surface area contributed by atoms with E-state index in [1.165, 1.54) is 0 Å². The van der Waals surface area contributed by atoms with Crippen molar-refractivity contribution in [2.24, 2.45) is 0 Å². The highest BCUT2D eigenvalue weighted by atomic mass is 16.7. The summed E-state index contributed by atoms with van der Waals surface area (Å²) in [6.07, 6.45) is 1.25. The molecule has 0 spiro atoms. The van der Waals surface area contributed by atoms with E-state index in [2.05, 4.69) is 5.32 Å². The van der Waals surface area contributed by atoms with Crippen LogP contribution in [-0.4, -0.2) is 19.1 Å². The second kappa shape index (κ2) is 5.80. The van der Waals surface area contributed by atoms with Crippen LogP contribution in [0, 0.1) is 0 Å². The van der Waals surface area contributed by atoms with E-state index in [1.807, 2.05) is 38.1 Å². The number of carbonyl (C=O) groups is 1. The van der Waals surface area contributed by atoms with Crippen LogP contribution in [0.2, 0.25) is 0 Å². The smallest absolute Gasteiger partial charge is 0.248 e. The fourth-order valence-corrected chi connectivity index (χ4v) is 1.75. The first kappa shape index (κ1) is 12.8. The lowest BCUT2D eigenvalue weighted by Crippen LogP contribution is -2.09. The molecule has 1 aromatic rings. The number of hydrogen-bond donors (Lipinski definition) is 1. The molecule has 0 atom stereocenters. The summed E-state index contributed by atoms with van der Waals surface area (Å²) in [5.41, 5.74) is 2.63. The van der Waals surface area contributed by atoms with Gasteiger partial charge in [0.1, 0.15) is 0 Å². The van der Waals surface area contributed by atoms with Gasteiger partial charge in [0.05, 0.1) is 13.2 Å². The molecule has 1 amide bonds. The Balaban J connectivity index is 2.07. The molecule has 4 heteroatoms. The van der Waals surface area contributed by atoms with Crippen molar-refractivity contribution in [2.45, 2.75) is 20.1 Å². The number of nitrogens with one attached hydrogen (secondary N) is 1. The van der Waals surface area contributed by atoms with Gasteiger partial charge in [-0.25, -0.2) is 0 Å². The van der Waals surface area contributed by atoms with Gasteiger partial charge in [-0.1, -0.05) is 17.7 Å². The third kappa shape index (κ3) is 3.42. The average Bonchev–Trinajstić information content (AvgIpc) is 2.81. The summed E-state index contributed by atoms with van der Waals surface area (Å²) in [7, 11) is 0. The van der Waals surface area contributed by atoms with E-state index in [1.54, 1.807) is 6.08 Å².